The van der Waals surface area contributed by atoms with Gasteiger partial charge in [0.1, 0.15) is 0 Å². The summed E-state index contributed by atoms with van der Waals surface area (Å²) >= 11 is 0. The van der Waals surface area contributed by atoms with Gasteiger partial charge in [-0.25, -0.2) is 8.42 Å². The lowest BCUT2D eigenvalue weighted by Crippen LogP contribution is -2.17. The summed E-state index contributed by atoms with van der Waals surface area (Å²) in [5.74, 6) is -0.212. The average Bonchev–Trinajstić information content (AvgIpc) is 3.01. The highest BCUT2D eigenvalue weighted by molar-refractivity contribution is 7.92. The normalized spacial score (nSPS) is 11.7. The van der Waals surface area contributed by atoms with E-state index in [4.69, 9.17) is 0 Å². The van der Waals surface area contributed by atoms with Crippen LogP contribution < -0.4 is 10.0 Å². The number of hydrogen-bond donors (Lipinski definition) is 2. The molecule has 1 heterocycles. The molecule has 6 nitrogen and oxygen atoms in total. The molecule has 4 rings (SSSR count). The molecule has 0 radical (unpaired) electrons. The third-order valence-electron chi connectivity index (χ3n) is 5.04. The number of nitrogens with zero attached hydrogens (tertiary/aromatic N) is 1. The van der Waals surface area contributed by atoms with Crippen LogP contribution in [-0.4, -0.2) is 25.1 Å². The van der Waals surface area contributed by atoms with Gasteiger partial charge in [0.15, 0.2) is 0 Å². The molecule has 1 aromatic heterocycles. The molecule has 3 aromatic carbocycles. The summed E-state index contributed by atoms with van der Waals surface area (Å²) in [4.78, 5) is 12.7. The molecule has 0 aliphatic rings. The van der Waals surface area contributed by atoms with Crippen LogP contribution in [0.25, 0.3) is 21.8 Å². The first kappa shape index (κ1) is 20.0. The van der Waals surface area contributed by atoms with Crippen molar-refractivity contribution < 1.29 is 13.2 Å². The van der Waals surface area contributed by atoms with E-state index in [0.717, 1.165) is 29.1 Å². The van der Waals surface area contributed by atoms with Crippen molar-refractivity contribution in [3.05, 3.63) is 72.3 Å². The standard InChI is InChI=1S/C23H23N3O3S/c1-3-26-21-11-7-5-9-18(21)19-15-17(12-13-22(19)26)24-23(27)14-16-8-4-6-10-20(16)25-30(2,28)29/h4-13,15,25H,3,14H2,1-2H3,(H,24,27). The molecule has 1 amide bonds. The molecule has 2 N–H and O–H groups in total. The first-order valence-corrected chi connectivity index (χ1v) is 11.6. The number of rotatable bonds is 6. The van der Waals surface area contributed by atoms with Gasteiger partial charge in [0.25, 0.3) is 0 Å². The number of sulfonamides is 1. The molecule has 30 heavy (non-hydrogen) atoms. The number of benzene rings is 3. The molecule has 0 saturated carbocycles. The van der Waals surface area contributed by atoms with Crippen molar-refractivity contribution in [1.29, 1.82) is 0 Å². The van der Waals surface area contributed by atoms with Gasteiger partial charge in [-0.15, -0.1) is 0 Å². The Morgan fingerprint density at radius 3 is 2.40 bits per heavy atom. The monoisotopic (exact) mass is 421 g/mol. The van der Waals surface area contributed by atoms with Gasteiger partial charge in [-0.2, -0.15) is 0 Å². The van der Waals surface area contributed by atoms with Crippen molar-refractivity contribution in [2.75, 3.05) is 16.3 Å². The molecule has 0 aliphatic carbocycles. The molecule has 4 aromatic rings. The highest BCUT2D eigenvalue weighted by Gasteiger charge is 2.13. The van der Waals surface area contributed by atoms with Gasteiger partial charge in [0.05, 0.1) is 18.4 Å². The first-order valence-electron chi connectivity index (χ1n) is 9.72. The molecule has 0 atom stereocenters. The van der Waals surface area contributed by atoms with E-state index in [1.807, 2.05) is 30.3 Å². The van der Waals surface area contributed by atoms with Crippen molar-refractivity contribution >= 4 is 49.1 Å². The van der Waals surface area contributed by atoms with Gasteiger partial charge >= 0.3 is 0 Å². The Hall–Kier alpha value is -3.32. The number of aromatic nitrogens is 1. The zero-order chi connectivity index (χ0) is 21.3. The van der Waals surface area contributed by atoms with E-state index >= 15 is 0 Å². The summed E-state index contributed by atoms with van der Waals surface area (Å²) in [7, 11) is -3.42. The number of anilines is 2. The van der Waals surface area contributed by atoms with Crippen LogP contribution in [0.5, 0.6) is 0 Å². The van der Waals surface area contributed by atoms with Crippen LogP contribution in [0.15, 0.2) is 66.7 Å². The van der Waals surface area contributed by atoms with E-state index in [0.29, 0.717) is 16.9 Å². The number of hydrogen-bond acceptors (Lipinski definition) is 3. The van der Waals surface area contributed by atoms with Crippen molar-refractivity contribution in [3.63, 3.8) is 0 Å². The number of para-hydroxylation sites is 2. The van der Waals surface area contributed by atoms with E-state index in [2.05, 4.69) is 33.7 Å². The number of nitrogens with one attached hydrogen (secondary N) is 2. The van der Waals surface area contributed by atoms with Crippen molar-refractivity contribution in [2.24, 2.45) is 0 Å². The van der Waals surface area contributed by atoms with Crippen LogP contribution in [0, 0.1) is 0 Å². The zero-order valence-corrected chi connectivity index (χ0v) is 17.7. The predicted molar refractivity (Wildman–Crippen MR) is 122 cm³/mol. The minimum atomic E-state index is -3.42. The minimum Gasteiger partial charge on any atom is -0.341 e. The SMILES string of the molecule is CCn1c2ccccc2c2cc(NC(=O)Cc3ccccc3NS(C)(=O)=O)ccc21. The maximum atomic E-state index is 12.7. The lowest BCUT2D eigenvalue weighted by atomic mass is 10.1. The fourth-order valence-corrected chi connectivity index (χ4v) is 4.42. The Bertz CT molecular complexity index is 1360. The molecule has 0 unspecified atom stereocenters. The van der Waals surface area contributed by atoms with Crippen LogP contribution in [0.2, 0.25) is 0 Å². The summed E-state index contributed by atoms with van der Waals surface area (Å²) in [6.45, 7) is 2.98. The molecular weight excluding hydrogens is 398 g/mol. The van der Waals surface area contributed by atoms with Crippen molar-refractivity contribution in [1.82, 2.24) is 4.57 Å². The number of fused-ring (bicyclic) bond motifs is 3. The smallest absolute Gasteiger partial charge is 0.229 e. The fraction of sp³-hybridized carbons (Fsp3) is 0.174. The number of aryl methyl sites for hydroxylation is 1. The number of carbonyl (C=O) groups is 1. The molecule has 0 aliphatic heterocycles. The molecule has 0 bridgehead atoms. The van der Waals surface area contributed by atoms with Gasteiger partial charge in [-0.1, -0.05) is 36.4 Å². The number of amides is 1. The Morgan fingerprint density at radius 1 is 0.933 bits per heavy atom. The molecule has 0 spiro atoms. The lowest BCUT2D eigenvalue weighted by Gasteiger charge is -2.11. The van der Waals surface area contributed by atoms with Crippen LogP contribution >= 0.6 is 0 Å². The molecular formula is C23H23N3O3S. The second kappa shape index (κ2) is 7.84. The lowest BCUT2D eigenvalue weighted by molar-refractivity contribution is -0.115. The van der Waals surface area contributed by atoms with E-state index in [9.17, 15) is 13.2 Å². The van der Waals surface area contributed by atoms with Crippen LogP contribution in [-0.2, 0) is 27.8 Å². The van der Waals surface area contributed by atoms with Crippen LogP contribution in [0.1, 0.15) is 12.5 Å². The summed E-state index contributed by atoms with van der Waals surface area (Å²) in [6.07, 6.45) is 1.15. The van der Waals surface area contributed by atoms with Crippen molar-refractivity contribution in [3.8, 4) is 0 Å². The van der Waals surface area contributed by atoms with Gasteiger partial charge in [0, 0.05) is 34.0 Å². The highest BCUT2D eigenvalue weighted by Crippen LogP contribution is 2.31. The second-order valence-electron chi connectivity index (χ2n) is 7.25. The number of carbonyl (C=O) groups excluding carboxylic acids is 1. The summed E-state index contributed by atoms with van der Waals surface area (Å²) < 4.78 is 27.9. The molecule has 7 heteroatoms. The van der Waals surface area contributed by atoms with Crippen LogP contribution in [0.4, 0.5) is 11.4 Å². The Balaban J connectivity index is 1.61. The van der Waals surface area contributed by atoms with Crippen LogP contribution in [0.3, 0.4) is 0 Å². The average molecular weight is 422 g/mol. The van der Waals surface area contributed by atoms with E-state index in [-0.39, 0.29) is 12.3 Å². The van der Waals surface area contributed by atoms with Gasteiger partial charge in [0.2, 0.25) is 15.9 Å². The highest BCUT2D eigenvalue weighted by atomic mass is 32.2. The maximum Gasteiger partial charge on any atom is 0.229 e. The van der Waals surface area contributed by atoms with Gasteiger partial charge in [-0.3, -0.25) is 9.52 Å². The summed E-state index contributed by atoms with van der Waals surface area (Å²) in [6, 6.07) is 21.0. The fourth-order valence-electron chi connectivity index (χ4n) is 3.82. The molecule has 0 fully saturated rings. The zero-order valence-electron chi connectivity index (χ0n) is 16.8. The van der Waals surface area contributed by atoms with E-state index in [1.54, 1.807) is 24.3 Å². The minimum absolute atomic E-state index is 0.0629. The Kier molecular flexibility index (Phi) is 5.22. The van der Waals surface area contributed by atoms with Gasteiger partial charge in [-0.05, 0) is 42.8 Å². The first-order chi connectivity index (χ1) is 14.4. The molecule has 0 saturated heterocycles. The Labute approximate surface area is 175 Å². The third-order valence-corrected chi connectivity index (χ3v) is 5.63. The summed E-state index contributed by atoms with van der Waals surface area (Å²) in [5.41, 5.74) is 4.03. The van der Waals surface area contributed by atoms with E-state index in [1.165, 1.54) is 5.52 Å². The quantitative estimate of drug-likeness (QED) is 0.485. The molecule has 154 valence electrons. The largest absolute Gasteiger partial charge is 0.341 e. The topological polar surface area (TPSA) is 80.2 Å². The van der Waals surface area contributed by atoms with E-state index < -0.39 is 10.0 Å². The third kappa shape index (κ3) is 4.02. The maximum absolute atomic E-state index is 12.7. The predicted octanol–water partition coefficient (Wildman–Crippen LogP) is 4.37. The summed E-state index contributed by atoms with van der Waals surface area (Å²) in [5, 5.41) is 5.17. The van der Waals surface area contributed by atoms with Gasteiger partial charge < -0.3 is 9.88 Å². The van der Waals surface area contributed by atoms with Crippen molar-refractivity contribution in [2.45, 2.75) is 19.9 Å². The second-order valence-corrected chi connectivity index (χ2v) is 9.00. The Morgan fingerprint density at radius 2 is 1.63 bits per heavy atom.